The van der Waals surface area contributed by atoms with Crippen LogP contribution in [0.15, 0.2) is 42.5 Å². The molecule has 3 aromatic rings. The Morgan fingerprint density at radius 3 is 2.50 bits per heavy atom. The van der Waals surface area contributed by atoms with Gasteiger partial charge in [0.2, 0.25) is 0 Å². The van der Waals surface area contributed by atoms with E-state index in [0.29, 0.717) is 22.6 Å². The topological polar surface area (TPSA) is 37.9 Å². The van der Waals surface area contributed by atoms with Gasteiger partial charge in [-0.15, -0.1) is 0 Å². The quantitative estimate of drug-likeness (QED) is 0.784. The Morgan fingerprint density at radius 2 is 1.75 bits per heavy atom. The van der Waals surface area contributed by atoms with Crippen molar-refractivity contribution in [2.75, 3.05) is 0 Å². The summed E-state index contributed by atoms with van der Waals surface area (Å²) in [5, 5.41) is 0. The number of ether oxygens (including phenoxy) is 1. The lowest BCUT2D eigenvalue weighted by molar-refractivity contribution is 0.217. The Balaban J connectivity index is 1.84. The maximum atomic E-state index is 13.1. The van der Waals surface area contributed by atoms with E-state index in [1.54, 1.807) is 18.2 Å². The molecule has 1 atom stereocenters. The summed E-state index contributed by atoms with van der Waals surface area (Å²) in [7, 11) is 0. The van der Waals surface area contributed by atoms with Crippen molar-refractivity contribution < 1.29 is 13.5 Å². The van der Waals surface area contributed by atoms with Gasteiger partial charge in [-0.05, 0) is 49.4 Å². The summed E-state index contributed by atoms with van der Waals surface area (Å²) < 4.78 is 31.6. The monoisotopic (exact) mass is 274 g/mol. The van der Waals surface area contributed by atoms with Crippen LogP contribution in [0.3, 0.4) is 0 Å². The minimum atomic E-state index is -0.351. The lowest BCUT2D eigenvalue weighted by Gasteiger charge is -2.12. The lowest BCUT2D eigenvalue weighted by atomic mass is 10.3. The minimum Gasteiger partial charge on any atom is -0.483 e. The van der Waals surface area contributed by atoms with Crippen LogP contribution in [-0.4, -0.2) is 9.97 Å². The highest BCUT2D eigenvalue weighted by Crippen LogP contribution is 2.22. The van der Waals surface area contributed by atoms with Gasteiger partial charge < -0.3 is 9.72 Å². The van der Waals surface area contributed by atoms with Crippen molar-refractivity contribution in [1.29, 1.82) is 0 Å². The Morgan fingerprint density at radius 1 is 1.05 bits per heavy atom. The number of imidazole rings is 1. The summed E-state index contributed by atoms with van der Waals surface area (Å²) in [6.07, 6.45) is -0.351. The van der Waals surface area contributed by atoms with E-state index in [1.807, 2.05) is 6.92 Å². The first kappa shape index (κ1) is 12.6. The Kier molecular flexibility index (Phi) is 3.10. The molecular formula is C15H12F2N2O. The Bertz CT molecular complexity index is 737. The van der Waals surface area contributed by atoms with Crippen LogP contribution in [0.2, 0.25) is 0 Å². The van der Waals surface area contributed by atoms with Crippen molar-refractivity contribution in [2.45, 2.75) is 13.0 Å². The molecule has 0 fully saturated rings. The van der Waals surface area contributed by atoms with Gasteiger partial charge in [-0.3, -0.25) is 0 Å². The first-order valence-electron chi connectivity index (χ1n) is 6.19. The molecule has 0 saturated heterocycles. The highest BCUT2D eigenvalue weighted by Gasteiger charge is 2.13. The number of H-pyrrole nitrogens is 1. The van der Waals surface area contributed by atoms with Crippen LogP contribution >= 0.6 is 0 Å². The van der Waals surface area contributed by atoms with Crippen LogP contribution in [0.5, 0.6) is 5.75 Å². The fourth-order valence-corrected chi connectivity index (χ4v) is 1.97. The molecule has 3 nitrogen and oxygen atoms in total. The molecule has 1 heterocycles. The molecule has 0 spiro atoms. The number of rotatable bonds is 3. The van der Waals surface area contributed by atoms with E-state index in [0.717, 1.165) is 0 Å². The Labute approximate surface area is 114 Å². The Hall–Kier alpha value is -2.43. The molecule has 0 bridgehead atoms. The van der Waals surface area contributed by atoms with Crippen molar-refractivity contribution >= 4 is 11.0 Å². The summed E-state index contributed by atoms with van der Waals surface area (Å²) in [4.78, 5) is 7.36. The van der Waals surface area contributed by atoms with Crippen LogP contribution < -0.4 is 4.74 Å². The molecule has 0 unspecified atom stereocenters. The second-order valence-electron chi connectivity index (χ2n) is 4.50. The summed E-state index contributed by atoms with van der Waals surface area (Å²) in [5.41, 5.74) is 1.30. The standard InChI is InChI=1S/C15H12F2N2O/c1-9(20-12-5-2-10(16)3-6-12)15-18-13-7-4-11(17)8-14(13)19-15/h2-9H,1H3,(H,18,19)/t9-/m1/s1. The fraction of sp³-hybridized carbons (Fsp3) is 0.133. The second kappa shape index (κ2) is 4.92. The molecule has 1 N–H and O–H groups in total. The van der Waals surface area contributed by atoms with Crippen LogP contribution in [0.25, 0.3) is 11.0 Å². The number of aromatic amines is 1. The highest BCUT2D eigenvalue weighted by molar-refractivity contribution is 5.75. The highest BCUT2D eigenvalue weighted by atomic mass is 19.1. The average molecular weight is 274 g/mol. The van der Waals surface area contributed by atoms with Gasteiger partial charge in [0.1, 0.15) is 23.2 Å². The SMILES string of the molecule is C[C@@H](Oc1ccc(F)cc1)c1nc2ccc(F)cc2[nH]1. The largest absolute Gasteiger partial charge is 0.483 e. The third kappa shape index (κ3) is 2.47. The molecule has 20 heavy (non-hydrogen) atoms. The molecular weight excluding hydrogens is 262 g/mol. The third-order valence-corrected chi connectivity index (χ3v) is 2.97. The molecule has 0 aliphatic heterocycles. The predicted molar refractivity (Wildman–Crippen MR) is 71.5 cm³/mol. The van der Waals surface area contributed by atoms with Crippen molar-refractivity contribution in [2.24, 2.45) is 0 Å². The number of nitrogens with one attached hydrogen (secondary N) is 1. The zero-order valence-corrected chi connectivity index (χ0v) is 10.7. The second-order valence-corrected chi connectivity index (χ2v) is 4.50. The third-order valence-electron chi connectivity index (χ3n) is 2.97. The van der Waals surface area contributed by atoms with Crippen LogP contribution in [0, 0.1) is 11.6 Å². The van der Waals surface area contributed by atoms with E-state index >= 15 is 0 Å². The smallest absolute Gasteiger partial charge is 0.153 e. The summed E-state index contributed by atoms with van der Waals surface area (Å²) >= 11 is 0. The molecule has 0 aliphatic rings. The molecule has 0 aliphatic carbocycles. The van der Waals surface area contributed by atoms with E-state index in [4.69, 9.17) is 4.74 Å². The number of halogens is 2. The molecule has 5 heteroatoms. The van der Waals surface area contributed by atoms with Crippen molar-refractivity contribution in [1.82, 2.24) is 9.97 Å². The summed E-state index contributed by atoms with van der Waals surface area (Å²) in [6, 6.07) is 10.1. The number of benzene rings is 2. The first-order valence-corrected chi connectivity index (χ1v) is 6.19. The van der Waals surface area contributed by atoms with E-state index in [2.05, 4.69) is 9.97 Å². The fourth-order valence-electron chi connectivity index (χ4n) is 1.97. The molecule has 102 valence electrons. The predicted octanol–water partition coefficient (Wildman–Crippen LogP) is 3.98. The van der Waals surface area contributed by atoms with Crippen molar-refractivity contribution in [3.05, 3.63) is 59.9 Å². The average Bonchev–Trinajstić information content (AvgIpc) is 2.84. The molecule has 2 aromatic carbocycles. The van der Waals surface area contributed by atoms with Gasteiger partial charge >= 0.3 is 0 Å². The molecule has 3 rings (SSSR count). The van der Waals surface area contributed by atoms with Gasteiger partial charge in [-0.25, -0.2) is 13.8 Å². The molecule has 0 saturated carbocycles. The summed E-state index contributed by atoms with van der Waals surface area (Å²) in [5.74, 6) is 0.504. The lowest BCUT2D eigenvalue weighted by Crippen LogP contribution is -2.04. The van der Waals surface area contributed by atoms with Gasteiger partial charge in [-0.2, -0.15) is 0 Å². The van der Waals surface area contributed by atoms with Crippen molar-refractivity contribution in [3.8, 4) is 5.75 Å². The number of fused-ring (bicyclic) bond motifs is 1. The zero-order chi connectivity index (χ0) is 14.1. The van der Waals surface area contributed by atoms with Crippen LogP contribution in [0.4, 0.5) is 8.78 Å². The number of hydrogen-bond acceptors (Lipinski definition) is 2. The number of aromatic nitrogens is 2. The molecule has 1 aromatic heterocycles. The van der Waals surface area contributed by atoms with E-state index in [1.165, 1.54) is 24.3 Å². The maximum absolute atomic E-state index is 13.1. The van der Waals surface area contributed by atoms with Crippen LogP contribution in [-0.2, 0) is 0 Å². The van der Waals surface area contributed by atoms with Gasteiger partial charge in [-0.1, -0.05) is 0 Å². The van der Waals surface area contributed by atoms with E-state index in [-0.39, 0.29) is 17.7 Å². The van der Waals surface area contributed by atoms with Gasteiger partial charge in [0.05, 0.1) is 11.0 Å². The normalized spacial score (nSPS) is 12.6. The van der Waals surface area contributed by atoms with Gasteiger partial charge in [0, 0.05) is 0 Å². The summed E-state index contributed by atoms with van der Waals surface area (Å²) in [6.45, 7) is 1.82. The van der Waals surface area contributed by atoms with E-state index < -0.39 is 0 Å². The van der Waals surface area contributed by atoms with E-state index in [9.17, 15) is 8.78 Å². The van der Waals surface area contributed by atoms with Gasteiger partial charge in [0.25, 0.3) is 0 Å². The molecule has 0 radical (unpaired) electrons. The van der Waals surface area contributed by atoms with Gasteiger partial charge in [0.15, 0.2) is 6.10 Å². The number of hydrogen-bond donors (Lipinski definition) is 1. The maximum Gasteiger partial charge on any atom is 0.153 e. The number of nitrogens with zero attached hydrogens (tertiary/aromatic N) is 1. The van der Waals surface area contributed by atoms with Crippen LogP contribution in [0.1, 0.15) is 18.9 Å². The molecule has 0 amide bonds. The minimum absolute atomic E-state index is 0.316. The zero-order valence-electron chi connectivity index (χ0n) is 10.7. The first-order chi connectivity index (χ1) is 9.61. The van der Waals surface area contributed by atoms with Crippen molar-refractivity contribution in [3.63, 3.8) is 0 Å².